The quantitative estimate of drug-likeness (QED) is 0.108. The van der Waals surface area contributed by atoms with Crippen LogP contribution >= 0.6 is 15.9 Å². The second-order valence-corrected chi connectivity index (χ2v) is 10.5. The third-order valence-corrected chi connectivity index (χ3v) is 7.17. The molecule has 0 heterocycles. The highest BCUT2D eigenvalue weighted by Gasteiger charge is 2.01. The van der Waals surface area contributed by atoms with Crippen LogP contribution in [0.2, 0.25) is 0 Å². The Morgan fingerprint density at radius 2 is 0.800 bits per heavy atom. The lowest BCUT2D eigenvalue weighted by Crippen LogP contribution is -1.97. The molecule has 196 valence electrons. The molecule has 0 N–H and O–H groups in total. The molecule has 0 aliphatic carbocycles. The Morgan fingerprint density at radius 1 is 0.457 bits per heavy atom. The average Bonchev–Trinajstić information content (AvgIpc) is 2.89. The highest BCUT2D eigenvalue weighted by Crippen LogP contribution is 2.25. The molecular formula is C32H49BrO2. The van der Waals surface area contributed by atoms with Crippen LogP contribution in [0.1, 0.15) is 110 Å². The van der Waals surface area contributed by atoms with Crippen molar-refractivity contribution in [2.75, 3.05) is 18.5 Å². The minimum absolute atomic E-state index is 0.813. The van der Waals surface area contributed by atoms with Gasteiger partial charge in [-0.1, -0.05) is 131 Å². The largest absolute Gasteiger partial charge is 0.494 e. The Morgan fingerprint density at radius 3 is 1.17 bits per heavy atom. The minimum Gasteiger partial charge on any atom is -0.494 e. The van der Waals surface area contributed by atoms with E-state index in [1.165, 1.54) is 101 Å². The summed E-state index contributed by atoms with van der Waals surface area (Å²) in [6.45, 7) is 3.90. The molecule has 0 aromatic heterocycles. The van der Waals surface area contributed by atoms with Crippen molar-refractivity contribution >= 4 is 15.9 Å². The van der Waals surface area contributed by atoms with E-state index in [0.717, 1.165) is 42.9 Å². The number of alkyl halides is 1. The topological polar surface area (TPSA) is 18.5 Å². The zero-order chi connectivity index (χ0) is 24.8. The molecule has 0 aliphatic heterocycles. The first-order valence-corrected chi connectivity index (χ1v) is 15.5. The fourth-order valence-corrected chi connectivity index (χ4v) is 4.76. The van der Waals surface area contributed by atoms with Crippen molar-refractivity contribution in [3.63, 3.8) is 0 Å². The first kappa shape index (κ1) is 29.7. The molecule has 3 heteroatoms. The third-order valence-electron chi connectivity index (χ3n) is 6.61. The molecule has 0 saturated carbocycles. The van der Waals surface area contributed by atoms with Crippen molar-refractivity contribution in [1.82, 2.24) is 0 Å². The summed E-state index contributed by atoms with van der Waals surface area (Å²) in [5, 5.41) is 1.14. The predicted octanol–water partition coefficient (Wildman–Crippen LogP) is 10.8. The number of halogens is 1. The molecule has 0 bridgehead atoms. The van der Waals surface area contributed by atoms with E-state index < -0.39 is 0 Å². The molecule has 0 unspecified atom stereocenters. The highest BCUT2D eigenvalue weighted by molar-refractivity contribution is 9.09. The van der Waals surface area contributed by atoms with Crippen LogP contribution in [-0.4, -0.2) is 18.5 Å². The second kappa shape index (κ2) is 20.7. The number of hydrogen-bond acceptors (Lipinski definition) is 2. The molecule has 0 atom stereocenters. The van der Waals surface area contributed by atoms with E-state index in [0.29, 0.717) is 0 Å². The van der Waals surface area contributed by atoms with Gasteiger partial charge in [-0.15, -0.1) is 0 Å². The van der Waals surface area contributed by atoms with Crippen LogP contribution in [0.5, 0.6) is 11.5 Å². The van der Waals surface area contributed by atoms with Gasteiger partial charge in [0.05, 0.1) is 13.2 Å². The van der Waals surface area contributed by atoms with Gasteiger partial charge in [-0.3, -0.25) is 0 Å². The number of hydrogen-bond donors (Lipinski definition) is 0. The van der Waals surface area contributed by atoms with Crippen molar-refractivity contribution in [3.05, 3.63) is 48.5 Å². The summed E-state index contributed by atoms with van der Waals surface area (Å²) >= 11 is 3.50. The van der Waals surface area contributed by atoms with Gasteiger partial charge in [0.2, 0.25) is 0 Å². The fourth-order valence-electron chi connectivity index (χ4n) is 4.36. The summed E-state index contributed by atoms with van der Waals surface area (Å²) in [6.07, 6.45) is 21.2. The van der Waals surface area contributed by atoms with Crippen molar-refractivity contribution in [2.24, 2.45) is 0 Å². The van der Waals surface area contributed by atoms with Crippen molar-refractivity contribution in [3.8, 4) is 22.6 Å². The molecule has 0 radical (unpaired) electrons. The van der Waals surface area contributed by atoms with Gasteiger partial charge in [-0.2, -0.15) is 0 Å². The molecule has 0 amide bonds. The molecule has 0 fully saturated rings. The zero-order valence-electron chi connectivity index (χ0n) is 22.2. The van der Waals surface area contributed by atoms with Gasteiger partial charge in [0, 0.05) is 5.33 Å². The van der Waals surface area contributed by atoms with E-state index in [1.807, 2.05) is 0 Å². The maximum atomic E-state index is 5.95. The number of benzene rings is 2. The summed E-state index contributed by atoms with van der Waals surface area (Å²) in [4.78, 5) is 0. The standard InChI is InChI=1S/C32H49BrO2/c1-2-3-4-5-6-10-13-16-27-34-31-22-18-29(19-23-31)30-20-24-32(25-21-30)35-28-17-14-11-8-7-9-12-15-26-33/h18-25H,2-17,26-28H2,1H3. The average molecular weight is 546 g/mol. The molecule has 2 rings (SSSR count). The van der Waals surface area contributed by atoms with E-state index in [2.05, 4.69) is 71.4 Å². The molecular weight excluding hydrogens is 496 g/mol. The van der Waals surface area contributed by atoms with Gasteiger partial charge in [0.15, 0.2) is 0 Å². The number of unbranched alkanes of at least 4 members (excludes halogenated alkanes) is 14. The SMILES string of the molecule is CCCCCCCCCCOc1ccc(-c2ccc(OCCCCCCCCCCBr)cc2)cc1. The summed E-state index contributed by atoms with van der Waals surface area (Å²) in [5.74, 6) is 1.93. The zero-order valence-corrected chi connectivity index (χ0v) is 23.8. The van der Waals surface area contributed by atoms with Gasteiger partial charge >= 0.3 is 0 Å². The number of ether oxygens (including phenoxy) is 2. The van der Waals surface area contributed by atoms with Crippen LogP contribution in [0.3, 0.4) is 0 Å². The Bertz CT molecular complexity index is 726. The van der Waals surface area contributed by atoms with Crippen LogP contribution < -0.4 is 9.47 Å². The lowest BCUT2D eigenvalue weighted by atomic mass is 10.1. The van der Waals surface area contributed by atoms with Gasteiger partial charge in [-0.25, -0.2) is 0 Å². The molecule has 35 heavy (non-hydrogen) atoms. The van der Waals surface area contributed by atoms with Gasteiger partial charge in [-0.05, 0) is 54.7 Å². The lowest BCUT2D eigenvalue weighted by Gasteiger charge is -2.09. The normalized spacial score (nSPS) is 11.0. The van der Waals surface area contributed by atoms with Crippen LogP contribution in [0.4, 0.5) is 0 Å². The molecule has 2 aromatic carbocycles. The van der Waals surface area contributed by atoms with E-state index in [1.54, 1.807) is 0 Å². The van der Waals surface area contributed by atoms with Crippen molar-refractivity contribution in [1.29, 1.82) is 0 Å². The van der Waals surface area contributed by atoms with Gasteiger partial charge < -0.3 is 9.47 Å². The third kappa shape index (κ3) is 14.6. The monoisotopic (exact) mass is 544 g/mol. The fraction of sp³-hybridized carbons (Fsp3) is 0.625. The first-order chi connectivity index (χ1) is 17.3. The van der Waals surface area contributed by atoms with Crippen LogP contribution in [0.25, 0.3) is 11.1 Å². The molecule has 0 saturated heterocycles. The Hall–Kier alpha value is -1.48. The lowest BCUT2D eigenvalue weighted by molar-refractivity contribution is 0.304. The highest BCUT2D eigenvalue weighted by atomic mass is 79.9. The summed E-state index contributed by atoms with van der Waals surface area (Å²) < 4.78 is 11.9. The minimum atomic E-state index is 0.813. The van der Waals surface area contributed by atoms with Crippen LogP contribution in [0.15, 0.2) is 48.5 Å². The maximum Gasteiger partial charge on any atom is 0.119 e. The predicted molar refractivity (Wildman–Crippen MR) is 156 cm³/mol. The molecule has 0 aliphatic rings. The summed E-state index contributed by atoms with van der Waals surface area (Å²) in [6, 6.07) is 17.0. The Kier molecular flexibility index (Phi) is 17.6. The van der Waals surface area contributed by atoms with E-state index >= 15 is 0 Å². The smallest absolute Gasteiger partial charge is 0.119 e. The molecule has 0 spiro atoms. The van der Waals surface area contributed by atoms with Gasteiger partial charge in [0.1, 0.15) is 11.5 Å². The number of rotatable bonds is 22. The van der Waals surface area contributed by atoms with Crippen LogP contribution in [-0.2, 0) is 0 Å². The van der Waals surface area contributed by atoms with Crippen LogP contribution in [0, 0.1) is 0 Å². The van der Waals surface area contributed by atoms with Crippen molar-refractivity contribution in [2.45, 2.75) is 110 Å². The van der Waals surface area contributed by atoms with Crippen molar-refractivity contribution < 1.29 is 9.47 Å². The first-order valence-electron chi connectivity index (χ1n) is 14.4. The molecule has 2 nitrogen and oxygen atoms in total. The Balaban J connectivity index is 1.55. The second-order valence-electron chi connectivity index (χ2n) is 9.74. The maximum absolute atomic E-state index is 5.95. The van der Waals surface area contributed by atoms with E-state index in [-0.39, 0.29) is 0 Å². The summed E-state index contributed by atoms with van der Waals surface area (Å²) in [7, 11) is 0. The molecule has 2 aromatic rings. The summed E-state index contributed by atoms with van der Waals surface area (Å²) in [5.41, 5.74) is 2.43. The van der Waals surface area contributed by atoms with E-state index in [4.69, 9.17) is 9.47 Å². The Labute approximate surface area is 224 Å². The van der Waals surface area contributed by atoms with E-state index in [9.17, 15) is 0 Å². The van der Waals surface area contributed by atoms with Gasteiger partial charge in [0.25, 0.3) is 0 Å².